The van der Waals surface area contributed by atoms with Gasteiger partial charge < -0.3 is 15.0 Å². The zero-order chi connectivity index (χ0) is 15.4. The second-order valence-electron chi connectivity index (χ2n) is 6.37. The maximum atomic E-state index is 12.8. The van der Waals surface area contributed by atoms with Gasteiger partial charge in [0.15, 0.2) is 0 Å². The molecule has 2 aliphatic rings. The van der Waals surface area contributed by atoms with Gasteiger partial charge >= 0.3 is 0 Å². The van der Waals surface area contributed by atoms with Crippen molar-refractivity contribution < 1.29 is 14.3 Å². The third kappa shape index (κ3) is 3.57. The first kappa shape index (κ1) is 16.3. The average Bonchev–Trinajstić information content (AvgIpc) is 2.51. The molecule has 2 rings (SSSR count). The topological polar surface area (TPSA) is 58.6 Å². The lowest BCUT2D eigenvalue weighted by atomic mass is 9.92. The molecule has 21 heavy (non-hydrogen) atoms. The number of piperazine rings is 1. The molecule has 0 saturated carbocycles. The molecule has 1 N–H and O–H groups in total. The Labute approximate surface area is 127 Å². The molecule has 5 heteroatoms. The van der Waals surface area contributed by atoms with Crippen LogP contribution in [0.4, 0.5) is 0 Å². The first-order chi connectivity index (χ1) is 10.1. The lowest BCUT2D eigenvalue weighted by Crippen LogP contribution is -2.65. The van der Waals surface area contributed by atoms with Gasteiger partial charge in [0.1, 0.15) is 12.1 Å². The molecule has 0 radical (unpaired) electrons. The number of hydrogen-bond acceptors (Lipinski definition) is 3. The molecule has 2 amide bonds. The fourth-order valence-corrected chi connectivity index (χ4v) is 3.26. The summed E-state index contributed by atoms with van der Waals surface area (Å²) in [4.78, 5) is 26.9. The SMILES string of the molecule is CCC(C)C1NC(=O)C(CC)N(CC2CCCOC2)C1=O. The summed E-state index contributed by atoms with van der Waals surface area (Å²) in [6.45, 7) is 8.21. The highest BCUT2D eigenvalue weighted by molar-refractivity contribution is 5.97. The Morgan fingerprint density at radius 3 is 2.71 bits per heavy atom. The molecule has 5 nitrogen and oxygen atoms in total. The van der Waals surface area contributed by atoms with E-state index in [2.05, 4.69) is 12.2 Å². The third-order valence-corrected chi connectivity index (χ3v) is 4.83. The second-order valence-corrected chi connectivity index (χ2v) is 6.37. The van der Waals surface area contributed by atoms with Crippen LogP contribution in [-0.2, 0) is 14.3 Å². The van der Waals surface area contributed by atoms with Crippen LogP contribution in [0.1, 0.15) is 46.5 Å². The van der Waals surface area contributed by atoms with Crippen LogP contribution in [0.15, 0.2) is 0 Å². The van der Waals surface area contributed by atoms with Gasteiger partial charge in [-0.1, -0.05) is 27.2 Å². The molecule has 0 aromatic heterocycles. The van der Waals surface area contributed by atoms with Crippen molar-refractivity contribution in [2.45, 2.75) is 58.5 Å². The van der Waals surface area contributed by atoms with Gasteiger partial charge in [0, 0.05) is 13.2 Å². The van der Waals surface area contributed by atoms with Crippen molar-refractivity contribution in [3.63, 3.8) is 0 Å². The number of carbonyl (C=O) groups excluding carboxylic acids is 2. The van der Waals surface area contributed by atoms with Crippen molar-refractivity contribution in [3.05, 3.63) is 0 Å². The van der Waals surface area contributed by atoms with Gasteiger partial charge in [-0.05, 0) is 31.1 Å². The normalized spacial score (nSPS) is 32.0. The Kier molecular flexibility index (Phi) is 5.62. The van der Waals surface area contributed by atoms with E-state index in [1.165, 1.54) is 0 Å². The van der Waals surface area contributed by atoms with Gasteiger partial charge in [-0.2, -0.15) is 0 Å². The summed E-state index contributed by atoms with van der Waals surface area (Å²) in [7, 11) is 0. The minimum Gasteiger partial charge on any atom is -0.381 e. The van der Waals surface area contributed by atoms with Gasteiger partial charge in [0.25, 0.3) is 0 Å². The molecule has 0 bridgehead atoms. The van der Waals surface area contributed by atoms with E-state index in [1.807, 2.05) is 18.7 Å². The van der Waals surface area contributed by atoms with E-state index in [0.717, 1.165) is 25.9 Å². The van der Waals surface area contributed by atoms with Gasteiger partial charge in [-0.25, -0.2) is 0 Å². The predicted molar refractivity (Wildman–Crippen MR) is 80.7 cm³/mol. The number of amides is 2. The zero-order valence-corrected chi connectivity index (χ0v) is 13.4. The van der Waals surface area contributed by atoms with Crippen LogP contribution in [-0.4, -0.2) is 48.6 Å². The van der Waals surface area contributed by atoms with Crippen LogP contribution in [0, 0.1) is 11.8 Å². The maximum absolute atomic E-state index is 12.8. The van der Waals surface area contributed by atoms with Crippen molar-refractivity contribution >= 4 is 11.8 Å². The summed E-state index contributed by atoms with van der Waals surface area (Å²) >= 11 is 0. The smallest absolute Gasteiger partial charge is 0.246 e. The molecule has 0 aromatic rings. The molecule has 0 aliphatic carbocycles. The molecule has 120 valence electrons. The summed E-state index contributed by atoms with van der Waals surface area (Å²) in [6.07, 6.45) is 3.67. The van der Waals surface area contributed by atoms with Crippen LogP contribution >= 0.6 is 0 Å². The summed E-state index contributed by atoms with van der Waals surface area (Å²) in [5.41, 5.74) is 0. The van der Waals surface area contributed by atoms with Crippen molar-refractivity contribution in [1.82, 2.24) is 10.2 Å². The Hall–Kier alpha value is -1.10. The van der Waals surface area contributed by atoms with E-state index in [-0.39, 0.29) is 29.8 Å². The van der Waals surface area contributed by atoms with Crippen molar-refractivity contribution in [3.8, 4) is 0 Å². The molecule has 2 saturated heterocycles. The molecule has 2 fully saturated rings. The average molecular weight is 296 g/mol. The monoisotopic (exact) mass is 296 g/mol. The number of nitrogens with one attached hydrogen (secondary N) is 1. The maximum Gasteiger partial charge on any atom is 0.246 e. The zero-order valence-electron chi connectivity index (χ0n) is 13.4. The van der Waals surface area contributed by atoms with E-state index in [1.54, 1.807) is 0 Å². The molecular weight excluding hydrogens is 268 g/mol. The largest absolute Gasteiger partial charge is 0.381 e. The van der Waals surface area contributed by atoms with Gasteiger partial charge in [-0.15, -0.1) is 0 Å². The molecule has 2 aliphatic heterocycles. The summed E-state index contributed by atoms with van der Waals surface area (Å²) in [5, 5.41) is 2.92. The van der Waals surface area contributed by atoms with Crippen LogP contribution in [0.3, 0.4) is 0 Å². The number of rotatable bonds is 5. The molecule has 4 unspecified atom stereocenters. The third-order valence-electron chi connectivity index (χ3n) is 4.83. The first-order valence-corrected chi connectivity index (χ1v) is 8.27. The summed E-state index contributed by atoms with van der Waals surface area (Å²) < 4.78 is 5.51. The molecular formula is C16H28N2O3. The Balaban J connectivity index is 2.11. The second kappa shape index (κ2) is 7.25. The summed E-state index contributed by atoms with van der Waals surface area (Å²) in [6, 6.07) is -0.686. The quantitative estimate of drug-likeness (QED) is 0.837. The van der Waals surface area contributed by atoms with E-state index >= 15 is 0 Å². The first-order valence-electron chi connectivity index (χ1n) is 8.27. The van der Waals surface area contributed by atoms with Gasteiger partial charge in [-0.3, -0.25) is 9.59 Å². The van der Waals surface area contributed by atoms with E-state index in [0.29, 0.717) is 25.5 Å². The molecule has 0 aromatic carbocycles. The van der Waals surface area contributed by atoms with E-state index < -0.39 is 0 Å². The lowest BCUT2D eigenvalue weighted by molar-refractivity contribution is -0.152. The predicted octanol–water partition coefficient (Wildman–Crippen LogP) is 1.56. The van der Waals surface area contributed by atoms with Crippen LogP contribution in [0.2, 0.25) is 0 Å². The number of ether oxygens (including phenoxy) is 1. The minimum atomic E-state index is -0.366. The Bertz CT molecular complexity index is 380. The highest BCUT2D eigenvalue weighted by atomic mass is 16.5. The van der Waals surface area contributed by atoms with Crippen molar-refractivity contribution in [2.24, 2.45) is 11.8 Å². The molecule has 2 heterocycles. The fraction of sp³-hybridized carbons (Fsp3) is 0.875. The van der Waals surface area contributed by atoms with Crippen molar-refractivity contribution in [2.75, 3.05) is 19.8 Å². The van der Waals surface area contributed by atoms with E-state index in [9.17, 15) is 9.59 Å². The Morgan fingerprint density at radius 1 is 1.38 bits per heavy atom. The number of hydrogen-bond donors (Lipinski definition) is 1. The Morgan fingerprint density at radius 2 is 2.14 bits per heavy atom. The fourth-order valence-electron chi connectivity index (χ4n) is 3.26. The lowest BCUT2D eigenvalue weighted by Gasteiger charge is -2.42. The number of carbonyl (C=O) groups is 2. The van der Waals surface area contributed by atoms with Gasteiger partial charge in [0.2, 0.25) is 11.8 Å². The minimum absolute atomic E-state index is 0.000808. The van der Waals surface area contributed by atoms with Crippen LogP contribution in [0.25, 0.3) is 0 Å². The van der Waals surface area contributed by atoms with Crippen LogP contribution < -0.4 is 5.32 Å². The van der Waals surface area contributed by atoms with Gasteiger partial charge in [0.05, 0.1) is 6.61 Å². The highest BCUT2D eigenvalue weighted by Crippen LogP contribution is 2.23. The molecule has 0 spiro atoms. The summed E-state index contributed by atoms with van der Waals surface area (Å²) in [5.74, 6) is 0.616. The highest BCUT2D eigenvalue weighted by Gasteiger charge is 2.42. The van der Waals surface area contributed by atoms with E-state index in [4.69, 9.17) is 4.74 Å². The van der Waals surface area contributed by atoms with Crippen LogP contribution in [0.5, 0.6) is 0 Å². The number of nitrogens with zero attached hydrogens (tertiary/aromatic N) is 1. The van der Waals surface area contributed by atoms with Crippen molar-refractivity contribution in [1.29, 1.82) is 0 Å². The standard InChI is InChI=1S/C16H28N2O3/c1-4-11(3)14-16(20)18(13(5-2)15(19)17-14)9-12-7-6-8-21-10-12/h11-14H,4-10H2,1-3H3,(H,17,19). The molecule has 4 atom stereocenters.